The first-order valence-corrected chi connectivity index (χ1v) is 11.7. The third kappa shape index (κ3) is 5.06. The van der Waals surface area contributed by atoms with Crippen LogP contribution < -0.4 is 9.47 Å². The summed E-state index contributed by atoms with van der Waals surface area (Å²) in [6.45, 7) is 0. The first kappa shape index (κ1) is 22.9. The van der Waals surface area contributed by atoms with Crippen molar-refractivity contribution in [2.45, 2.75) is 38.1 Å². The fourth-order valence-electron chi connectivity index (χ4n) is 4.14. The van der Waals surface area contributed by atoms with Crippen molar-refractivity contribution < 1.29 is 24.2 Å². The van der Waals surface area contributed by atoms with E-state index in [0.29, 0.717) is 27.3 Å². The number of carboxylic acids is 1. The Morgan fingerprint density at radius 2 is 1.91 bits per heavy atom. The van der Waals surface area contributed by atoms with Crippen molar-refractivity contribution >= 4 is 40.6 Å². The number of aliphatic imine (C=N–C) groups is 1. The second kappa shape index (κ2) is 10.1. The molecular formula is C25H26N2O5S. The van der Waals surface area contributed by atoms with Crippen molar-refractivity contribution in [2.75, 3.05) is 14.2 Å². The van der Waals surface area contributed by atoms with Gasteiger partial charge in [0.15, 0.2) is 5.17 Å². The average Bonchev–Trinajstić information content (AvgIpc) is 3.13. The molecule has 1 saturated carbocycles. The average molecular weight is 467 g/mol. The molecule has 1 saturated heterocycles. The molecule has 0 aromatic heterocycles. The second-order valence-corrected chi connectivity index (χ2v) is 8.94. The van der Waals surface area contributed by atoms with Gasteiger partial charge in [0.1, 0.15) is 11.5 Å². The van der Waals surface area contributed by atoms with Gasteiger partial charge in [-0.2, -0.15) is 0 Å². The van der Waals surface area contributed by atoms with E-state index in [4.69, 9.17) is 14.5 Å². The summed E-state index contributed by atoms with van der Waals surface area (Å²) in [5.41, 5.74) is 1.41. The number of hydrogen-bond donors (Lipinski definition) is 1. The van der Waals surface area contributed by atoms with Crippen LogP contribution in [0.3, 0.4) is 0 Å². The number of nitrogens with zero attached hydrogens (tertiary/aromatic N) is 2. The van der Waals surface area contributed by atoms with E-state index in [0.717, 1.165) is 31.2 Å². The van der Waals surface area contributed by atoms with Gasteiger partial charge in [0.25, 0.3) is 5.91 Å². The van der Waals surface area contributed by atoms with Gasteiger partial charge in [-0.1, -0.05) is 25.3 Å². The van der Waals surface area contributed by atoms with Crippen molar-refractivity contribution in [1.29, 1.82) is 0 Å². The first-order valence-electron chi connectivity index (χ1n) is 10.9. The number of aromatic carboxylic acids is 1. The number of ether oxygens (including phenoxy) is 2. The summed E-state index contributed by atoms with van der Waals surface area (Å²) < 4.78 is 10.8. The molecule has 1 amide bonds. The lowest BCUT2D eigenvalue weighted by Crippen LogP contribution is -2.40. The van der Waals surface area contributed by atoms with Gasteiger partial charge in [0.05, 0.1) is 30.4 Å². The number of hydrogen-bond acceptors (Lipinski definition) is 6. The number of thioether (sulfide) groups is 1. The molecule has 1 aliphatic carbocycles. The maximum Gasteiger partial charge on any atom is 0.335 e. The monoisotopic (exact) mass is 466 g/mol. The smallest absolute Gasteiger partial charge is 0.335 e. The van der Waals surface area contributed by atoms with Crippen molar-refractivity contribution in [2.24, 2.45) is 4.99 Å². The zero-order chi connectivity index (χ0) is 23.4. The molecule has 1 aliphatic heterocycles. The molecule has 7 nitrogen and oxygen atoms in total. The molecular weight excluding hydrogens is 440 g/mol. The lowest BCUT2D eigenvalue weighted by molar-refractivity contribution is -0.124. The van der Waals surface area contributed by atoms with Gasteiger partial charge < -0.3 is 14.6 Å². The van der Waals surface area contributed by atoms with E-state index in [1.165, 1.54) is 30.3 Å². The van der Waals surface area contributed by atoms with E-state index in [1.807, 2.05) is 6.07 Å². The van der Waals surface area contributed by atoms with Crippen LogP contribution in [0.5, 0.6) is 11.5 Å². The molecule has 2 aromatic carbocycles. The SMILES string of the molecule is COc1ccc(OC)c(/C=C2\SC(=Nc3cccc(C(=O)O)c3)N(C3CCCCC3)C2=O)c1. The Hall–Kier alpha value is -3.26. The van der Waals surface area contributed by atoms with E-state index in [9.17, 15) is 14.7 Å². The summed E-state index contributed by atoms with van der Waals surface area (Å²) in [5.74, 6) is 0.203. The minimum absolute atomic E-state index is 0.0817. The lowest BCUT2D eigenvalue weighted by atomic mass is 9.94. The van der Waals surface area contributed by atoms with Gasteiger partial charge in [0, 0.05) is 11.6 Å². The lowest BCUT2D eigenvalue weighted by Gasteiger charge is -2.30. The number of carboxylic acid groups (broad SMARTS) is 1. The van der Waals surface area contributed by atoms with Gasteiger partial charge in [-0.15, -0.1) is 0 Å². The molecule has 1 heterocycles. The van der Waals surface area contributed by atoms with Crippen LogP contribution in [0.2, 0.25) is 0 Å². The Balaban J connectivity index is 1.75. The first-order chi connectivity index (χ1) is 16.0. The maximum absolute atomic E-state index is 13.5. The molecule has 0 radical (unpaired) electrons. The summed E-state index contributed by atoms with van der Waals surface area (Å²) in [6, 6.07) is 12.0. The fourth-order valence-corrected chi connectivity index (χ4v) is 5.19. The van der Waals surface area contributed by atoms with Crippen LogP contribution in [0, 0.1) is 0 Å². The van der Waals surface area contributed by atoms with Gasteiger partial charge in [0.2, 0.25) is 0 Å². The van der Waals surface area contributed by atoms with Gasteiger partial charge in [-0.25, -0.2) is 9.79 Å². The highest BCUT2D eigenvalue weighted by Crippen LogP contribution is 2.39. The fraction of sp³-hybridized carbons (Fsp3) is 0.320. The minimum atomic E-state index is -1.01. The predicted molar refractivity (Wildman–Crippen MR) is 129 cm³/mol. The van der Waals surface area contributed by atoms with Crippen molar-refractivity contribution in [3.63, 3.8) is 0 Å². The maximum atomic E-state index is 13.5. The summed E-state index contributed by atoms with van der Waals surface area (Å²) in [6.07, 6.45) is 6.97. The van der Waals surface area contributed by atoms with E-state index in [2.05, 4.69) is 0 Å². The standard InChI is InChI=1S/C25H26N2O5S/c1-31-20-11-12-21(32-2)17(14-20)15-22-23(28)27(19-9-4-3-5-10-19)25(33-22)26-18-8-6-7-16(13-18)24(29)30/h6-8,11-15,19H,3-5,9-10H2,1-2H3,(H,29,30)/b22-15-,26-25?. The quantitative estimate of drug-likeness (QED) is 0.578. The van der Waals surface area contributed by atoms with E-state index >= 15 is 0 Å². The topological polar surface area (TPSA) is 88.4 Å². The number of carbonyl (C=O) groups excluding carboxylic acids is 1. The molecule has 8 heteroatoms. The predicted octanol–water partition coefficient (Wildman–Crippen LogP) is 5.34. The van der Waals surface area contributed by atoms with Crippen LogP contribution in [-0.4, -0.2) is 47.3 Å². The van der Waals surface area contributed by atoms with E-state index in [1.54, 1.807) is 49.5 Å². The van der Waals surface area contributed by atoms with Crippen LogP contribution in [0.1, 0.15) is 48.0 Å². The molecule has 0 spiro atoms. The molecule has 4 rings (SSSR count). The van der Waals surface area contributed by atoms with Crippen LogP contribution in [0.4, 0.5) is 5.69 Å². The zero-order valence-electron chi connectivity index (χ0n) is 18.6. The number of rotatable bonds is 6. The van der Waals surface area contributed by atoms with Gasteiger partial charge in [-0.3, -0.25) is 9.69 Å². The van der Waals surface area contributed by atoms with Crippen LogP contribution in [-0.2, 0) is 4.79 Å². The Morgan fingerprint density at radius 3 is 2.61 bits per heavy atom. The van der Waals surface area contributed by atoms with Gasteiger partial charge >= 0.3 is 5.97 Å². The normalized spacial score (nSPS) is 19.3. The van der Waals surface area contributed by atoms with Crippen molar-refractivity contribution in [3.8, 4) is 11.5 Å². The molecule has 2 fully saturated rings. The molecule has 2 aliphatic rings. The Morgan fingerprint density at radius 1 is 1.12 bits per heavy atom. The highest BCUT2D eigenvalue weighted by atomic mass is 32.2. The summed E-state index contributed by atoms with van der Waals surface area (Å²) in [5, 5.41) is 9.89. The van der Waals surface area contributed by atoms with Gasteiger partial charge in [-0.05, 0) is 67.1 Å². The Kier molecular flexibility index (Phi) is 7.03. The Bertz CT molecular complexity index is 1120. The van der Waals surface area contributed by atoms with Crippen LogP contribution >= 0.6 is 11.8 Å². The number of amidine groups is 1. The van der Waals surface area contributed by atoms with Crippen molar-refractivity contribution in [1.82, 2.24) is 4.90 Å². The molecule has 0 unspecified atom stereocenters. The highest BCUT2D eigenvalue weighted by Gasteiger charge is 2.38. The third-order valence-corrected chi connectivity index (χ3v) is 6.80. The molecule has 1 N–H and O–H groups in total. The van der Waals surface area contributed by atoms with E-state index < -0.39 is 5.97 Å². The number of methoxy groups -OCH3 is 2. The Labute approximate surface area is 197 Å². The van der Waals surface area contributed by atoms with Crippen LogP contribution in [0.15, 0.2) is 52.4 Å². The molecule has 2 aromatic rings. The summed E-state index contributed by atoms with van der Waals surface area (Å²) in [4.78, 5) is 31.9. The minimum Gasteiger partial charge on any atom is -0.497 e. The molecule has 0 bridgehead atoms. The molecule has 0 atom stereocenters. The largest absolute Gasteiger partial charge is 0.497 e. The second-order valence-electron chi connectivity index (χ2n) is 7.94. The zero-order valence-corrected chi connectivity index (χ0v) is 19.4. The molecule has 33 heavy (non-hydrogen) atoms. The number of amides is 1. The molecule has 172 valence electrons. The summed E-state index contributed by atoms with van der Waals surface area (Å²) >= 11 is 1.30. The van der Waals surface area contributed by atoms with E-state index in [-0.39, 0.29) is 17.5 Å². The number of carbonyl (C=O) groups is 2. The summed E-state index contributed by atoms with van der Waals surface area (Å²) in [7, 11) is 3.18. The van der Waals surface area contributed by atoms with Crippen molar-refractivity contribution in [3.05, 3.63) is 58.5 Å². The third-order valence-electron chi connectivity index (χ3n) is 5.82. The highest BCUT2D eigenvalue weighted by molar-refractivity contribution is 8.18. The number of benzene rings is 2. The van der Waals surface area contributed by atoms with Crippen LogP contribution in [0.25, 0.3) is 6.08 Å².